The number of quaternary nitrogens is 1. The van der Waals surface area contributed by atoms with Gasteiger partial charge in [0, 0.05) is 12.8 Å². The maximum Gasteiger partial charge on any atom is 0.306 e. The largest absolute Gasteiger partial charge is 0.756 e. The van der Waals surface area contributed by atoms with Crippen LogP contribution in [0, 0.1) is 0 Å². The third kappa shape index (κ3) is 60.8. The van der Waals surface area contributed by atoms with Gasteiger partial charge in [-0.1, -0.05) is 280 Å². The summed E-state index contributed by atoms with van der Waals surface area (Å²) >= 11 is 0. The van der Waals surface area contributed by atoms with E-state index in [1.807, 2.05) is 21.1 Å². The summed E-state index contributed by atoms with van der Waals surface area (Å²) in [5.41, 5.74) is 0. The molecule has 0 N–H and O–H groups in total. The van der Waals surface area contributed by atoms with Crippen LogP contribution in [0.1, 0.15) is 290 Å². The van der Waals surface area contributed by atoms with Crippen LogP contribution in [0.4, 0.5) is 0 Å². The number of phosphoric acid groups is 1. The molecule has 0 saturated carbocycles. The van der Waals surface area contributed by atoms with Crippen LogP contribution in [0.5, 0.6) is 0 Å². The van der Waals surface area contributed by atoms with Crippen molar-refractivity contribution in [2.45, 2.75) is 296 Å². The summed E-state index contributed by atoms with van der Waals surface area (Å²) in [5, 5.41) is 0. The molecule has 0 aromatic carbocycles. The molecule has 0 aromatic heterocycles. The number of esters is 2. The van der Waals surface area contributed by atoms with E-state index in [1.54, 1.807) is 0 Å². The van der Waals surface area contributed by atoms with Crippen molar-refractivity contribution >= 4 is 19.8 Å². The van der Waals surface area contributed by atoms with Gasteiger partial charge < -0.3 is 27.9 Å². The lowest BCUT2D eigenvalue weighted by molar-refractivity contribution is -0.870. The zero-order valence-electron chi connectivity index (χ0n) is 49.7. The van der Waals surface area contributed by atoms with Gasteiger partial charge in [0.15, 0.2) is 6.10 Å². The Morgan fingerprint density at radius 3 is 1.13 bits per heavy atom. The lowest BCUT2D eigenvalue weighted by Crippen LogP contribution is -2.37. The lowest BCUT2D eigenvalue weighted by atomic mass is 10.0. The van der Waals surface area contributed by atoms with Crippen LogP contribution in [0.15, 0.2) is 60.8 Å². The lowest BCUT2D eigenvalue weighted by Gasteiger charge is -2.28. The highest BCUT2D eigenvalue weighted by Crippen LogP contribution is 2.38. The summed E-state index contributed by atoms with van der Waals surface area (Å²) in [4.78, 5) is 37.8. The van der Waals surface area contributed by atoms with Gasteiger partial charge in [0.1, 0.15) is 19.8 Å². The molecule has 0 aromatic rings. The van der Waals surface area contributed by atoms with Crippen molar-refractivity contribution in [1.29, 1.82) is 0 Å². The molecule has 0 spiro atoms. The number of carbonyl (C=O) groups is 2. The summed E-state index contributed by atoms with van der Waals surface area (Å²) in [6.45, 7) is 4.15. The number of ether oxygens (including phenoxy) is 2. The monoisotopic (exact) mass is 1070 g/mol. The fourth-order valence-corrected chi connectivity index (χ4v) is 9.71. The number of phosphoric ester groups is 1. The molecule has 0 rings (SSSR count). The highest BCUT2D eigenvalue weighted by atomic mass is 31.2. The van der Waals surface area contributed by atoms with Gasteiger partial charge in [-0.05, 0) is 57.8 Å². The number of rotatable bonds is 58. The van der Waals surface area contributed by atoms with Crippen LogP contribution < -0.4 is 4.89 Å². The normalized spacial score (nSPS) is 13.6. The van der Waals surface area contributed by atoms with Crippen molar-refractivity contribution in [3.05, 3.63) is 60.8 Å². The van der Waals surface area contributed by atoms with Gasteiger partial charge in [-0.15, -0.1) is 0 Å². The summed E-state index contributed by atoms with van der Waals surface area (Å²) in [6.07, 6.45) is 73.1. The average molecular weight is 1070 g/mol. The number of nitrogens with zero attached hydrogens (tertiary/aromatic N) is 1. The fourth-order valence-electron chi connectivity index (χ4n) is 8.98. The molecule has 0 amide bonds. The Morgan fingerprint density at radius 1 is 0.427 bits per heavy atom. The second kappa shape index (κ2) is 56.4. The predicted octanol–water partition coefficient (Wildman–Crippen LogP) is 19.2. The smallest absolute Gasteiger partial charge is 0.306 e. The number of unbranched alkanes of at least 4 members (excludes halogenated alkanes) is 34. The molecule has 0 heterocycles. The second-order valence-corrected chi connectivity index (χ2v) is 23.8. The minimum Gasteiger partial charge on any atom is -0.756 e. The molecule has 0 radical (unpaired) electrons. The summed E-state index contributed by atoms with van der Waals surface area (Å²) in [7, 11) is 1.18. The highest BCUT2D eigenvalue weighted by molar-refractivity contribution is 7.45. The van der Waals surface area contributed by atoms with E-state index in [4.69, 9.17) is 18.5 Å². The first kappa shape index (κ1) is 72.7. The molecular weight excluding hydrogens is 954 g/mol. The molecule has 2 unspecified atom stereocenters. The Kier molecular flexibility index (Phi) is 54.7. The number of hydrogen-bond donors (Lipinski definition) is 0. The van der Waals surface area contributed by atoms with E-state index in [-0.39, 0.29) is 32.0 Å². The van der Waals surface area contributed by atoms with Crippen LogP contribution in [-0.4, -0.2) is 70.0 Å². The molecule has 0 aliphatic heterocycles. The van der Waals surface area contributed by atoms with E-state index in [1.165, 1.54) is 193 Å². The molecule has 438 valence electrons. The fraction of sp³-hybridized carbons (Fsp3) is 0.815. The van der Waals surface area contributed by atoms with Crippen molar-refractivity contribution in [3.63, 3.8) is 0 Å². The molecule has 0 aliphatic rings. The van der Waals surface area contributed by atoms with E-state index in [2.05, 4.69) is 74.6 Å². The third-order valence-electron chi connectivity index (χ3n) is 13.8. The Morgan fingerprint density at radius 2 is 0.760 bits per heavy atom. The topological polar surface area (TPSA) is 111 Å². The van der Waals surface area contributed by atoms with Gasteiger partial charge >= 0.3 is 11.9 Å². The third-order valence-corrected chi connectivity index (χ3v) is 14.8. The van der Waals surface area contributed by atoms with Crippen LogP contribution in [0.2, 0.25) is 0 Å². The summed E-state index contributed by atoms with van der Waals surface area (Å²) in [5.74, 6) is -0.820. The summed E-state index contributed by atoms with van der Waals surface area (Å²) < 4.78 is 34.1. The van der Waals surface area contributed by atoms with Crippen molar-refractivity contribution in [1.82, 2.24) is 0 Å². The standard InChI is InChI=1S/C65H120NO8P/c1-6-8-10-12-14-16-18-20-21-22-23-24-25-26-27-28-29-30-31-32-33-34-35-36-37-38-39-40-41-42-43-44-45-46-48-50-52-54-56-58-65(68)74-63(62-73-75(69,70)72-60-59-66(3,4)5)61-71-64(67)57-55-53-51-49-47-19-17-15-13-11-9-7-2/h8,10,14,16,20-21,23-24,26-27,63H,6-7,9,11-13,15,17-19,22,25,28-62H2,1-5H3/b10-8-,16-14-,21-20-,24-23-,27-26-. The van der Waals surface area contributed by atoms with Gasteiger partial charge in [0.05, 0.1) is 27.7 Å². The molecule has 0 saturated heterocycles. The van der Waals surface area contributed by atoms with Crippen LogP contribution in [0.3, 0.4) is 0 Å². The van der Waals surface area contributed by atoms with E-state index >= 15 is 0 Å². The first-order valence-corrected chi connectivity index (χ1v) is 33.0. The second-order valence-electron chi connectivity index (χ2n) is 22.4. The molecule has 9 nitrogen and oxygen atoms in total. The van der Waals surface area contributed by atoms with Crippen LogP contribution in [-0.2, 0) is 32.7 Å². The predicted molar refractivity (Wildman–Crippen MR) is 319 cm³/mol. The maximum absolute atomic E-state index is 12.8. The number of allylic oxidation sites excluding steroid dienone is 10. The van der Waals surface area contributed by atoms with Gasteiger partial charge in [-0.25, -0.2) is 0 Å². The molecule has 0 aliphatic carbocycles. The van der Waals surface area contributed by atoms with Gasteiger partial charge in [0.25, 0.3) is 7.82 Å². The first-order valence-electron chi connectivity index (χ1n) is 31.5. The Bertz CT molecular complexity index is 1450. The minimum absolute atomic E-state index is 0.0284. The molecule has 0 bridgehead atoms. The van der Waals surface area contributed by atoms with Crippen molar-refractivity contribution in [2.24, 2.45) is 0 Å². The van der Waals surface area contributed by atoms with Crippen LogP contribution >= 0.6 is 7.82 Å². The van der Waals surface area contributed by atoms with Crippen molar-refractivity contribution in [2.75, 3.05) is 47.5 Å². The Hall–Kier alpha value is -2.29. The molecule has 10 heteroatoms. The molecule has 75 heavy (non-hydrogen) atoms. The van der Waals surface area contributed by atoms with E-state index in [0.717, 1.165) is 64.2 Å². The maximum atomic E-state index is 12.8. The van der Waals surface area contributed by atoms with Crippen molar-refractivity contribution in [3.8, 4) is 0 Å². The quantitative estimate of drug-likeness (QED) is 0.0195. The minimum atomic E-state index is -4.63. The van der Waals surface area contributed by atoms with E-state index < -0.39 is 26.5 Å². The highest BCUT2D eigenvalue weighted by Gasteiger charge is 2.22. The first-order chi connectivity index (χ1) is 36.5. The van der Waals surface area contributed by atoms with Crippen molar-refractivity contribution < 1.29 is 42.1 Å². The van der Waals surface area contributed by atoms with E-state index in [9.17, 15) is 19.0 Å². The molecule has 0 fully saturated rings. The molecular formula is C65H120NO8P. The zero-order chi connectivity index (χ0) is 54.9. The average Bonchev–Trinajstić information content (AvgIpc) is 3.37. The number of hydrogen-bond acceptors (Lipinski definition) is 8. The SMILES string of the molecule is CC/C=C\C/C=C\C/C=C\C/C=C\C/C=C\CCCCCCCCCCCCCCCCCCCCCCCCCC(=O)OC(COC(=O)CCCCCCCCCCCCCC)COP(=O)([O-])OCC[N+](C)(C)C. The molecule has 2 atom stereocenters. The van der Waals surface area contributed by atoms with Gasteiger partial charge in [0.2, 0.25) is 0 Å². The zero-order valence-corrected chi connectivity index (χ0v) is 50.6. The Labute approximate surface area is 464 Å². The van der Waals surface area contributed by atoms with Gasteiger partial charge in [-0.3, -0.25) is 14.2 Å². The summed E-state index contributed by atoms with van der Waals surface area (Å²) in [6, 6.07) is 0. The number of likely N-dealkylation sites (N-methyl/N-ethyl adjacent to an activating group) is 1. The van der Waals surface area contributed by atoms with Gasteiger partial charge in [-0.2, -0.15) is 0 Å². The Balaban J connectivity index is 3.88. The number of carbonyl (C=O) groups excluding carboxylic acids is 2. The van der Waals surface area contributed by atoms with Crippen LogP contribution in [0.25, 0.3) is 0 Å². The van der Waals surface area contributed by atoms with E-state index in [0.29, 0.717) is 17.4 Å².